The van der Waals surface area contributed by atoms with Crippen LogP contribution in [0.5, 0.6) is 0 Å². The van der Waals surface area contributed by atoms with Gasteiger partial charge in [0.15, 0.2) is 0 Å². The van der Waals surface area contributed by atoms with Crippen LogP contribution in [-0.2, 0) is 4.79 Å². The number of likely N-dealkylation sites (N-methyl/N-ethyl adjacent to an activating group) is 1. The van der Waals surface area contributed by atoms with Crippen molar-refractivity contribution < 1.29 is 9.90 Å². The minimum Gasteiger partial charge on any atom is -0.480 e. The first kappa shape index (κ1) is 16.4. The van der Waals surface area contributed by atoms with Crippen LogP contribution in [0.1, 0.15) is 52.9 Å². The Labute approximate surface area is 117 Å². The van der Waals surface area contributed by atoms with Crippen molar-refractivity contribution in [2.24, 2.45) is 5.92 Å². The van der Waals surface area contributed by atoms with E-state index < -0.39 is 11.5 Å². The Morgan fingerprint density at radius 1 is 1.37 bits per heavy atom. The van der Waals surface area contributed by atoms with Crippen LogP contribution < -0.4 is 5.32 Å². The smallest absolute Gasteiger partial charge is 0.323 e. The third kappa shape index (κ3) is 5.11. The van der Waals surface area contributed by atoms with Gasteiger partial charge in [-0.05, 0) is 51.7 Å². The molecule has 2 N–H and O–H groups in total. The Bertz CT molecular complexity index is 275. The van der Waals surface area contributed by atoms with Crippen LogP contribution in [-0.4, -0.2) is 47.7 Å². The fourth-order valence-corrected chi connectivity index (χ4v) is 2.95. The van der Waals surface area contributed by atoms with Crippen molar-refractivity contribution in [3.05, 3.63) is 0 Å². The van der Waals surface area contributed by atoms with Crippen LogP contribution in [0.15, 0.2) is 0 Å². The van der Waals surface area contributed by atoms with Crippen molar-refractivity contribution >= 4 is 5.97 Å². The molecule has 0 amide bonds. The molecule has 1 atom stereocenters. The predicted octanol–water partition coefficient (Wildman–Crippen LogP) is 2.34. The summed E-state index contributed by atoms with van der Waals surface area (Å²) in [5, 5.41) is 12.4. The van der Waals surface area contributed by atoms with Crippen molar-refractivity contribution in [2.45, 2.75) is 58.4 Å². The first-order chi connectivity index (χ1) is 9.01. The summed E-state index contributed by atoms with van der Waals surface area (Å²) in [5.41, 5.74) is -0.783. The molecule has 0 aliphatic carbocycles. The molecule has 4 nitrogen and oxygen atoms in total. The van der Waals surface area contributed by atoms with Gasteiger partial charge in [-0.2, -0.15) is 0 Å². The Balaban J connectivity index is 2.34. The number of aliphatic carboxylic acids is 1. The van der Waals surface area contributed by atoms with Gasteiger partial charge in [0.1, 0.15) is 5.54 Å². The lowest BCUT2D eigenvalue weighted by molar-refractivity contribution is -0.144. The summed E-state index contributed by atoms with van der Waals surface area (Å²) in [6.07, 6.45) is 5.85. The molecule has 0 bridgehead atoms. The molecule has 1 aliphatic rings. The molecule has 0 aromatic heterocycles. The van der Waals surface area contributed by atoms with Gasteiger partial charge in [0, 0.05) is 6.54 Å². The topological polar surface area (TPSA) is 52.6 Å². The Kier molecular flexibility index (Phi) is 6.80. The van der Waals surface area contributed by atoms with E-state index in [1.54, 1.807) is 6.92 Å². The van der Waals surface area contributed by atoms with Crippen LogP contribution in [0.4, 0.5) is 0 Å². The number of rotatable bonds is 8. The molecule has 1 saturated heterocycles. The normalized spacial score (nSPS) is 21.2. The van der Waals surface area contributed by atoms with Crippen molar-refractivity contribution in [3.8, 4) is 0 Å². The number of piperidine rings is 1. The van der Waals surface area contributed by atoms with Crippen LogP contribution in [0.3, 0.4) is 0 Å². The molecule has 112 valence electrons. The van der Waals surface area contributed by atoms with Gasteiger partial charge >= 0.3 is 5.97 Å². The zero-order valence-corrected chi connectivity index (χ0v) is 12.7. The minimum atomic E-state index is -0.783. The highest BCUT2D eigenvalue weighted by Crippen LogP contribution is 2.22. The van der Waals surface area contributed by atoms with E-state index in [-0.39, 0.29) is 0 Å². The highest BCUT2D eigenvalue weighted by molar-refractivity contribution is 5.78. The number of nitrogens with one attached hydrogen (secondary N) is 1. The van der Waals surface area contributed by atoms with Crippen LogP contribution in [0.25, 0.3) is 0 Å². The van der Waals surface area contributed by atoms with Gasteiger partial charge in [-0.25, -0.2) is 0 Å². The van der Waals surface area contributed by atoms with Crippen molar-refractivity contribution in [2.75, 3.05) is 26.2 Å². The number of hydrogen-bond acceptors (Lipinski definition) is 3. The fourth-order valence-electron chi connectivity index (χ4n) is 2.95. The van der Waals surface area contributed by atoms with E-state index >= 15 is 0 Å². The molecular weight excluding hydrogens is 240 g/mol. The molecule has 0 saturated carbocycles. The van der Waals surface area contributed by atoms with E-state index in [1.165, 1.54) is 25.7 Å². The zero-order chi connectivity index (χ0) is 14.3. The number of hydrogen-bond donors (Lipinski definition) is 2. The summed E-state index contributed by atoms with van der Waals surface area (Å²) in [5.74, 6) is 0.149. The standard InChI is InChI=1S/C15H30N2O2/c1-4-6-13-7-10-17(11-8-13)12-9-15(3,14(18)19)16-5-2/h13,16H,4-12H2,1-3H3,(H,18,19). The van der Waals surface area contributed by atoms with E-state index in [2.05, 4.69) is 17.1 Å². The Morgan fingerprint density at radius 2 is 2.00 bits per heavy atom. The van der Waals surface area contributed by atoms with Gasteiger partial charge in [0.05, 0.1) is 0 Å². The molecule has 1 unspecified atom stereocenters. The molecule has 1 fully saturated rings. The van der Waals surface area contributed by atoms with E-state index in [1.807, 2.05) is 6.92 Å². The quantitative estimate of drug-likeness (QED) is 0.711. The number of carboxylic acid groups (broad SMARTS) is 1. The van der Waals surface area contributed by atoms with Crippen LogP contribution in [0.2, 0.25) is 0 Å². The first-order valence-corrected chi connectivity index (χ1v) is 7.72. The second-order valence-electron chi connectivity index (χ2n) is 5.99. The second-order valence-corrected chi connectivity index (χ2v) is 5.99. The Morgan fingerprint density at radius 3 is 2.47 bits per heavy atom. The largest absolute Gasteiger partial charge is 0.480 e. The molecule has 1 aliphatic heterocycles. The van der Waals surface area contributed by atoms with E-state index in [0.29, 0.717) is 13.0 Å². The van der Waals surface area contributed by atoms with Crippen molar-refractivity contribution in [1.82, 2.24) is 10.2 Å². The molecule has 4 heteroatoms. The van der Waals surface area contributed by atoms with E-state index in [4.69, 9.17) is 0 Å². The van der Waals surface area contributed by atoms with Crippen LogP contribution in [0, 0.1) is 5.92 Å². The molecule has 1 rings (SSSR count). The molecule has 19 heavy (non-hydrogen) atoms. The van der Waals surface area contributed by atoms with Gasteiger partial charge in [-0.15, -0.1) is 0 Å². The zero-order valence-electron chi connectivity index (χ0n) is 12.7. The molecule has 0 radical (unpaired) electrons. The average Bonchev–Trinajstić information content (AvgIpc) is 2.38. The molecule has 0 aromatic carbocycles. The highest BCUT2D eigenvalue weighted by atomic mass is 16.4. The SMILES string of the molecule is CCCC1CCN(CCC(C)(NCC)C(=O)O)CC1. The van der Waals surface area contributed by atoms with Gasteiger partial charge in [0.25, 0.3) is 0 Å². The van der Waals surface area contributed by atoms with Crippen LogP contribution >= 0.6 is 0 Å². The maximum Gasteiger partial charge on any atom is 0.323 e. The summed E-state index contributed by atoms with van der Waals surface area (Å²) in [7, 11) is 0. The van der Waals surface area contributed by atoms with Gasteiger partial charge in [-0.1, -0.05) is 26.7 Å². The number of likely N-dealkylation sites (tertiary alicyclic amines) is 1. The predicted molar refractivity (Wildman–Crippen MR) is 78.4 cm³/mol. The van der Waals surface area contributed by atoms with Crippen molar-refractivity contribution in [3.63, 3.8) is 0 Å². The molecule has 0 aromatic rings. The lowest BCUT2D eigenvalue weighted by Gasteiger charge is -2.34. The minimum absolute atomic E-state index is 0.675. The van der Waals surface area contributed by atoms with E-state index in [0.717, 1.165) is 25.6 Å². The summed E-state index contributed by atoms with van der Waals surface area (Å²) >= 11 is 0. The van der Waals surface area contributed by atoms with E-state index in [9.17, 15) is 9.90 Å². The lowest BCUT2D eigenvalue weighted by Crippen LogP contribution is -2.51. The monoisotopic (exact) mass is 270 g/mol. The number of carboxylic acids is 1. The summed E-state index contributed by atoms with van der Waals surface area (Å²) in [6.45, 7) is 9.84. The third-order valence-corrected chi connectivity index (χ3v) is 4.37. The summed E-state index contributed by atoms with van der Waals surface area (Å²) in [6, 6.07) is 0. The third-order valence-electron chi connectivity index (χ3n) is 4.37. The highest BCUT2D eigenvalue weighted by Gasteiger charge is 2.32. The summed E-state index contributed by atoms with van der Waals surface area (Å²) < 4.78 is 0. The second kappa shape index (κ2) is 7.85. The van der Waals surface area contributed by atoms with Gasteiger partial charge in [0.2, 0.25) is 0 Å². The van der Waals surface area contributed by atoms with Gasteiger partial charge < -0.3 is 15.3 Å². The lowest BCUT2D eigenvalue weighted by atomic mass is 9.91. The van der Waals surface area contributed by atoms with Gasteiger partial charge in [-0.3, -0.25) is 4.79 Å². The Hall–Kier alpha value is -0.610. The van der Waals surface area contributed by atoms with Crippen molar-refractivity contribution in [1.29, 1.82) is 0 Å². The maximum atomic E-state index is 11.3. The average molecular weight is 270 g/mol. The first-order valence-electron chi connectivity index (χ1n) is 7.72. The number of nitrogens with zero attached hydrogens (tertiary/aromatic N) is 1. The molecular formula is C15H30N2O2. The number of carbonyl (C=O) groups is 1. The molecule has 0 spiro atoms. The maximum absolute atomic E-state index is 11.3. The molecule has 1 heterocycles. The summed E-state index contributed by atoms with van der Waals surface area (Å²) in [4.78, 5) is 13.8. The fraction of sp³-hybridized carbons (Fsp3) is 0.933.